The molecule has 3 rings (SSSR count). The Hall–Kier alpha value is -2.57. The van der Waals surface area contributed by atoms with Gasteiger partial charge in [0.2, 0.25) is 0 Å². The van der Waals surface area contributed by atoms with Crippen molar-refractivity contribution in [1.29, 1.82) is 0 Å². The Morgan fingerprint density at radius 3 is 2.73 bits per heavy atom. The van der Waals surface area contributed by atoms with Gasteiger partial charge in [-0.15, -0.1) is 11.3 Å². The van der Waals surface area contributed by atoms with E-state index in [2.05, 4.69) is 10.3 Å². The highest BCUT2D eigenvalue weighted by atomic mass is 35.5. The summed E-state index contributed by atoms with van der Waals surface area (Å²) in [5, 5.41) is 3.97. The molecule has 1 amide bonds. The van der Waals surface area contributed by atoms with Crippen molar-refractivity contribution in [3.8, 4) is 11.5 Å². The fourth-order valence-electron chi connectivity index (χ4n) is 2.28. The number of halogens is 1. The van der Waals surface area contributed by atoms with E-state index in [1.54, 1.807) is 24.4 Å². The van der Waals surface area contributed by atoms with E-state index in [1.165, 1.54) is 18.4 Å². The van der Waals surface area contributed by atoms with Gasteiger partial charge in [-0.1, -0.05) is 29.8 Å². The molecule has 26 heavy (non-hydrogen) atoms. The fraction of sp³-hybridized carbons (Fsp3) is 0.158. The second-order valence-corrected chi connectivity index (χ2v) is 7.12. The number of aromatic nitrogens is 1. The average Bonchev–Trinajstić information content (AvgIpc) is 3.05. The molecule has 0 aliphatic rings. The lowest BCUT2D eigenvalue weighted by molar-refractivity contribution is 0.102. The second-order valence-electron chi connectivity index (χ2n) is 5.48. The molecule has 0 saturated carbocycles. The van der Waals surface area contributed by atoms with E-state index in [0.717, 1.165) is 10.4 Å². The summed E-state index contributed by atoms with van der Waals surface area (Å²) in [5.74, 6) is 0.754. The monoisotopic (exact) mass is 388 g/mol. The van der Waals surface area contributed by atoms with Gasteiger partial charge in [-0.05, 0) is 31.2 Å². The van der Waals surface area contributed by atoms with Gasteiger partial charge in [0.25, 0.3) is 5.91 Å². The van der Waals surface area contributed by atoms with Crippen LogP contribution in [0.5, 0.6) is 11.5 Å². The van der Waals surface area contributed by atoms with Crippen molar-refractivity contribution >= 4 is 34.0 Å². The molecule has 0 atom stereocenters. The van der Waals surface area contributed by atoms with E-state index in [9.17, 15) is 4.79 Å². The van der Waals surface area contributed by atoms with E-state index in [0.29, 0.717) is 33.8 Å². The zero-order valence-electron chi connectivity index (χ0n) is 14.3. The van der Waals surface area contributed by atoms with E-state index in [1.807, 2.05) is 31.2 Å². The highest BCUT2D eigenvalue weighted by molar-refractivity contribution is 7.15. The van der Waals surface area contributed by atoms with Gasteiger partial charge < -0.3 is 9.47 Å². The number of methoxy groups -OCH3 is 1. The van der Waals surface area contributed by atoms with Crippen molar-refractivity contribution in [2.45, 2.75) is 13.5 Å². The molecule has 3 aromatic rings. The number of rotatable bonds is 6. The molecule has 0 saturated heterocycles. The smallest absolute Gasteiger partial charge is 0.257 e. The SMILES string of the molecule is COc1cc(C(=O)Nc2ncc(C)s2)ccc1OCc1ccccc1Cl. The van der Waals surface area contributed by atoms with E-state index < -0.39 is 0 Å². The molecule has 0 spiro atoms. The summed E-state index contributed by atoms with van der Waals surface area (Å²) in [5.41, 5.74) is 1.33. The van der Waals surface area contributed by atoms with Crippen molar-refractivity contribution < 1.29 is 14.3 Å². The Bertz CT molecular complexity index is 927. The Kier molecular flexibility index (Phi) is 5.75. The maximum Gasteiger partial charge on any atom is 0.257 e. The molecule has 0 aliphatic heterocycles. The van der Waals surface area contributed by atoms with Crippen LogP contribution in [0.4, 0.5) is 5.13 Å². The molecular weight excluding hydrogens is 372 g/mol. The van der Waals surface area contributed by atoms with Crippen LogP contribution in [0, 0.1) is 6.92 Å². The van der Waals surface area contributed by atoms with E-state index >= 15 is 0 Å². The molecule has 2 aromatic carbocycles. The third-order valence-corrected chi connectivity index (χ3v) is 4.81. The molecule has 1 aromatic heterocycles. The molecule has 0 bridgehead atoms. The first kappa shape index (κ1) is 18.2. The number of thiazole rings is 1. The Morgan fingerprint density at radius 2 is 2.04 bits per heavy atom. The molecule has 5 nitrogen and oxygen atoms in total. The van der Waals surface area contributed by atoms with E-state index in [4.69, 9.17) is 21.1 Å². The molecule has 0 radical (unpaired) electrons. The van der Waals surface area contributed by atoms with Gasteiger partial charge in [-0.2, -0.15) is 0 Å². The number of benzene rings is 2. The summed E-state index contributed by atoms with van der Waals surface area (Å²) < 4.78 is 11.2. The number of ether oxygens (including phenoxy) is 2. The van der Waals surface area contributed by atoms with Crippen molar-refractivity contribution in [3.05, 3.63) is 69.7 Å². The Morgan fingerprint density at radius 1 is 1.23 bits per heavy atom. The minimum absolute atomic E-state index is 0.254. The molecule has 0 fully saturated rings. The molecule has 0 aliphatic carbocycles. The summed E-state index contributed by atoms with van der Waals surface area (Å²) in [6, 6.07) is 12.5. The van der Waals surface area contributed by atoms with Crippen molar-refractivity contribution in [1.82, 2.24) is 4.98 Å². The maximum absolute atomic E-state index is 12.4. The molecule has 134 valence electrons. The van der Waals surface area contributed by atoms with Crippen LogP contribution in [0.25, 0.3) is 0 Å². The quantitative estimate of drug-likeness (QED) is 0.649. The first-order valence-electron chi connectivity index (χ1n) is 7.85. The average molecular weight is 389 g/mol. The number of nitrogens with one attached hydrogen (secondary N) is 1. The zero-order chi connectivity index (χ0) is 18.5. The predicted octanol–water partition coefficient (Wildman–Crippen LogP) is 4.94. The number of amides is 1. The molecule has 1 heterocycles. The van der Waals surface area contributed by atoms with Crippen LogP contribution in [0.3, 0.4) is 0 Å². The second kappa shape index (κ2) is 8.21. The predicted molar refractivity (Wildman–Crippen MR) is 104 cm³/mol. The van der Waals surface area contributed by atoms with Crippen molar-refractivity contribution in [2.24, 2.45) is 0 Å². The van der Waals surface area contributed by atoms with Crippen LogP contribution in [-0.2, 0) is 6.61 Å². The summed E-state index contributed by atoms with van der Waals surface area (Å²) >= 11 is 7.56. The van der Waals surface area contributed by atoms with Crippen LogP contribution >= 0.6 is 22.9 Å². The number of nitrogens with zero attached hydrogens (tertiary/aromatic N) is 1. The lowest BCUT2D eigenvalue weighted by Crippen LogP contribution is -2.12. The summed E-state index contributed by atoms with van der Waals surface area (Å²) in [7, 11) is 1.53. The zero-order valence-corrected chi connectivity index (χ0v) is 15.9. The van der Waals surface area contributed by atoms with Gasteiger partial charge in [0.1, 0.15) is 6.61 Å². The van der Waals surface area contributed by atoms with Gasteiger partial charge in [-0.3, -0.25) is 10.1 Å². The van der Waals surface area contributed by atoms with Crippen molar-refractivity contribution in [2.75, 3.05) is 12.4 Å². The Labute approximate surface area is 160 Å². The maximum atomic E-state index is 12.4. The molecule has 1 N–H and O–H groups in total. The minimum atomic E-state index is -0.254. The van der Waals surface area contributed by atoms with Gasteiger partial charge in [0.05, 0.1) is 7.11 Å². The number of hydrogen-bond acceptors (Lipinski definition) is 5. The summed E-state index contributed by atoms with van der Waals surface area (Å²) in [4.78, 5) is 17.5. The van der Waals surface area contributed by atoms with Crippen LogP contribution in [0.2, 0.25) is 5.02 Å². The highest BCUT2D eigenvalue weighted by Gasteiger charge is 2.13. The molecular formula is C19H17ClN2O3S. The number of hydrogen-bond donors (Lipinski definition) is 1. The summed E-state index contributed by atoms with van der Waals surface area (Å²) in [6.45, 7) is 2.24. The van der Waals surface area contributed by atoms with Gasteiger partial charge in [0, 0.05) is 27.2 Å². The lowest BCUT2D eigenvalue weighted by atomic mass is 10.2. The van der Waals surface area contributed by atoms with Crippen LogP contribution in [-0.4, -0.2) is 18.0 Å². The fourth-order valence-corrected chi connectivity index (χ4v) is 3.13. The van der Waals surface area contributed by atoms with Gasteiger partial charge in [0.15, 0.2) is 16.6 Å². The Balaban J connectivity index is 1.72. The number of anilines is 1. The highest BCUT2D eigenvalue weighted by Crippen LogP contribution is 2.30. The van der Waals surface area contributed by atoms with Crippen LogP contribution < -0.4 is 14.8 Å². The number of aryl methyl sites for hydroxylation is 1. The third-order valence-electron chi connectivity index (χ3n) is 3.61. The summed E-state index contributed by atoms with van der Waals surface area (Å²) in [6.07, 6.45) is 1.71. The minimum Gasteiger partial charge on any atom is -0.493 e. The largest absolute Gasteiger partial charge is 0.493 e. The topological polar surface area (TPSA) is 60.5 Å². The third kappa shape index (κ3) is 4.33. The first-order valence-corrected chi connectivity index (χ1v) is 9.04. The number of carbonyl (C=O) groups excluding carboxylic acids is 1. The normalized spacial score (nSPS) is 10.4. The van der Waals surface area contributed by atoms with Crippen LogP contribution in [0.15, 0.2) is 48.7 Å². The number of carbonyl (C=O) groups is 1. The molecule has 7 heteroatoms. The van der Waals surface area contributed by atoms with Gasteiger partial charge in [-0.25, -0.2) is 4.98 Å². The first-order chi connectivity index (χ1) is 12.6. The molecule has 0 unspecified atom stereocenters. The van der Waals surface area contributed by atoms with Crippen LogP contribution in [0.1, 0.15) is 20.8 Å². The van der Waals surface area contributed by atoms with Crippen molar-refractivity contribution in [3.63, 3.8) is 0 Å². The van der Waals surface area contributed by atoms with Gasteiger partial charge >= 0.3 is 0 Å². The standard InChI is InChI=1S/C19H17ClN2O3S/c1-12-10-21-19(26-12)22-18(23)13-7-8-16(17(9-13)24-2)25-11-14-5-3-4-6-15(14)20/h3-10H,11H2,1-2H3,(H,21,22,23). The lowest BCUT2D eigenvalue weighted by Gasteiger charge is -2.12. The van der Waals surface area contributed by atoms with E-state index in [-0.39, 0.29) is 5.91 Å².